The SMILES string of the molecule is CCc1nn(C)c(CC(O)c2ccccc2N)c1Br. The van der Waals surface area contributed by atoms with E-state index in [0.29, 0.717) is 12.1 Å². The molecule has 2 aromatic rings. The number of hydrogen-bond donors (Lipinski definition) is 2. The normalized spacial score (nSPS) is 12.6. The second-order valence-electron chi connectivity index (χ2n) is 4.53. The number of nitrogens with two attached hydrogens (primary N) is 1. The average Bonchev–Trinajstić information content (AvgIpc) is 2.66. The summed E-state index contributed by atoms with van der Waals surface area (Å²) in [5.74, 6) is 0. The van der Waals surface area contributed by atoms with Crippen molar-refractivity contribution in [3.8, 4) is 0 Å². The number of aryl methyl sites for hydroxylation is 2. The lowest BCUT2D eigenvalue weighted by Gasteiger charge is -2.13. The van der Waals surface area contributed by atoms with E-state index >= 15 is 0 Å². The molecule has 1 unspecified atom stereocenters. The molecule has 3 N–H and O–H groups in total. The topological polar surface area (TPSA) is 64.1 Å². The van der Waals surface area contributed by atoms with Gasteiger partial charge in [0.25, 0.3) is 0 Å². The molecule has 0 radical (unpaired) electrons. The number of aliphatic hydroxyl groups excluding tert-OH is 1. The van der Waals surface area contributed by atoms with Crippen LogP contribution in [0.1, 0.15) is 30.0 Å². The molecule has 5 heteroatoms. The van der Waals surface area contributed by atoms with Crippen molar-refractivity contribution in [3.05, 3.63) is 45.7 Å². The van der Waals surface area contributed by atoms with Crippen LogP contribution in [0.2, 0.25) is 0 Å². The maximum Gasteiger partial charge on any atom is 0.0865 e. The van der Waals surface area contributed by atoms with E-state index in [-0.39, 0.29) is 0 Å². The maximum absolute atomic E-state index is 10.3. The first-order valence-corrected chi connectivity index (χ1v) is 7.06. The van der Waals surface area contributed by atoms with E-state index in [9.17, 15) is 5.11 Å². The number of benzene rings is 1. The summed E-state index contributed by atoms with van der Waals surface area (Å²) in [7, 11) is 1.89. The Hall–Kier alpha value is -1.33. The van der Waals surface area contributed by atoms with Crippen molar-refractivity contribution < 1.29 is 5.11 Å². The summed E-state index contributed by atoms with van der Waals surface area (Å²) >= 11 is 3.56. The zero-order valence-electron chi connectivity index (χ0n) is 11.1. The van der Waals surface area contributed by atoms with Gasteiger partial charge in [-0.05, 0) is 28.4 Å². The van der Waals surface area contributed by atoms with Gasteiger partial charge in [0, 0.05) is 24.7 Å². The summed E-state index contributed by atoms with van der Waals surface area (Å²) < 4.78 is 2.79. The minimum Gasteiger partial charge on any atom is -0.398 e. The van der Waals surface area contributed by atoms with Crippen LogP contribution < -0.4 is 5.73 Å². The molecule has 2 rings (SSSR count). The summed E-state index contributed by atoms with van der Waals surface area (Å²) in [5, 5.41) is 14.8. The van der Waals surface area contributed by atoms with Gasteiger partial charge < -0.3 is 10.8 Å². The fourth-order valence-corrected chi connectivity index (χ4v) is 2.93. The second kappa shape index (κ2) is 5.75. The van der Waals surface area contributed by atoms with Crippen molar-refractivity contribution >= 4 is 21.6 Å². The van der Waals surface area contributed by atoms with E-state index < -0.39 is 6.10 Å². The van der Waals surface area contributed by atoms with Crippen molar-refractivity contribution in [2.24, 2.45) is 7.05 Å². The van der Waals surface area contributed by atoms with Crippen molar-refractivity contribution in [2.75, 3.05) is 5.73 Å². The van der Waals surface area contributed by atoms with Crippen LogP contribution >= 0.6 is 15.9 Å². The number of nitrogens with zero attached hydrogens (tertiary/aromatic N) is 2. The number of nitrogen functional groups attached to an aromatic ring is 1. The highest BCUT2D eigenvalue weighted by Crippen LogP contribution is 2.28. The lowest BCUT2D eigenvalue weighted by molar-refractivity contribution is 0.176. The molecule has 0 fully saturated rings. The molecule has 0 aliphatic heterocycles. The van der Waals surface area contributed by atoms with E-state index in [4.69, 9.17) is 5.73 Å². The second-order valence-corrected chi connectivity index (χ2v) is 5.33. The van der Waals surface area contributed by atoms with Crippen LogP contribution in [0, 0.1) is 0 Å². The molecule has 0 saturated heterocycles. The quantitative estimate of drug-likeness (QED) is 0.850. The number of anilines is 1. The third-order valence-corrected chi connectivity index (χ3v) is 4.16. The number of aliphatic hydroxyl groups is 1. The minimum absolute atomic E-state index is 0.484. The first-order chi connectivity index (χ1) is 9.04. The van der Waals surface area contributed by atoms with Crippen LogP contribution in [0.4, 0.5) is 5.69 Å². The molecule has 0 aliphatic rings. The van der Waals surface area contributed by atoms with Gasteiger partial charge in [-0.1, -0.05) is 25.1 Å². The highest BCUT2D eigenvalue weighted by Gasteiger charge is 2.18. The van der Waals surface area contributed by atoms with Gasteiger partial charge in [-0.25, -0.2) is 0 Å². The van der Waals surface area contributed by atoms with Crippen molar-refractivity contribution in [3.63, 3.8) is 0 Å². The van der Waals surface area contributed by atoms with Crippen LogP contribution in [-0.4, -0.2) is 14.9 Å². The van der Waals surface area contributed by atoms with Crippen LogP contribution in [-0.2, 0) is 19.9 Å². The molecule has 1 heterocycles. The predicted octanol–water partition coefficient (Wildman–Crippen LogP) is 2.60. The monoisotopic (exact) mass is 323 g/mol. The number of halogens is 1. The van der Waals surface area contributed by atoms with Gasteiger partial charge in [0.1, 0.15) is 0 Å². The Morgan fingerprint density at radius 3 is 2.68 bits per heavy atom. The third-order valence-electron chi connectivity index (χ3n) is 3.24. The molecule has 1 aromatic carbocycles. The zero-order valence-corrected chi connectivity index (χ0v) is 12.7. The van der Waals surface area contributed by atoms with Crippen molar-refractivity contribution in [2.45, 2.75) is 25.9 Å². The third kappa shape index (κ3) is 2.82. The average molecular weight is 324 g/mol. The predicted molar refractivity (Wildman–Crippen MR) is 79.8 cm³/mol. The fourth-order valence-electron chi connectivity index (χ4n) is 2.15. The summed E-state index contributed by atoms with van der Waals surface area (Å²) in [6, 6.07) is 7.39. The lowest BCUT2D eigenvalue weighted by atomic mass is 10.0. The molecule has 19 heavy (non-hydrogen) atoms. The Kier molecular flexibility index (Phi) is 4.27. The molecule has 1 atom stereocenters. The number of rotatable bonds is 4. The molecule has 0 spiro atoms. The van der Waals surface area contributed by atoms with Gasteiger partial charge >= 0.3 is 0 Å². The summed E-state index contributed by atoms with van der Waals surface area (Å²) in [6.07, 6.45) is 0.716. The van der Waals surface area contributed by atoms with E-state index in [1.54, 1.807) is 6.07 Å². The maximum atomic E-state index is 10.3. The molecule has 0 bridgehead atoms. The molecule has 0 saturated carbocycles. The van der Waals surface area contributed by atoms with Crippen LogP contribution in [0.5, 0.6) is 0 Å². The molecule has 1 aromatic heterocycles. The molecule has 4 nitrogen and oxygen atoms in total. The fraction of sp³-hybridized carbons (Fsp3) is 0.357. The summed E-state index contributed by atoms with van der Waals surface area (Å²) in [4.78, 5) is 0. The molecule has 102 valence electrons. The standard InChI is InChI=1S/C14H18BrN3O/c1-3-11-14(15)12(18(2)17-11)8-13(19)9-6-4-5-7-10(9)16/h4-7,13,19H,3,8,16H2,1-2H3. The Morgan fingerprint density at radius 2 is 2.11 bits per heavy atom. The van der Waals surface area contributed by atoms with Gasteiger partial charge in [-0.15, -0.1) is 0 Å². The lowest BCUT2D eigenvalue weighted by Crippen LogP contribution is -2.08. The Balaban J connectivity index is 2.27. The van der Waals surface area contributed by atoms with E-state index in [1.807, 2.05) is 29.9 Å². The Labute approximate surface area is 121 Å². The first-order valence-electron chi connectivity index (χ1n) is 6.27. The van der Waals surface area contributed by atoms with Crippen LogP contribution in [0.15, 0.2) is 28.7 Å². The summed E-state index contributed by atoms with van der Waals surface area (Å²) in [6.45, 7) is 2.06. The molecular weight excluding hydrogens is 306 g/mol. The van der Waals surface area contributed by atoms with Gasteiger partial charge in [-0.2, -0.15) is 5.10 Å². The summed E-state index contributed by atoms with van der Waals surface area (Å²) in [5.41, 5.74) is 9.25. The zero-order chi connectivity index (χ0) is 14.0. The molecule has 0 aliphatic carbocycles. The van der Waals surface area contributed by atoms with E-state index in [0.717, 1.165) is 27.8 Å². The van der Waals surface area contributed by atoms with Gasteiger partial charge in [-0.3, -0.25) is 4.68 Å². The highest BCUT2D eigenvalue weighted by atomic mass is 79.9. The first kappa shape index (κ1) is 14.1. The Bertz CT molecular complexity index is 580. The number of para-hydroxylation sites is 1. The van der Waals surface area contributed by atoms with Crippen molar-refractivity contribution in [1.82, 2.24) is 9.78 Å². The number of aromatic nitrogens is 2. The van der Waals surface area contributed by atoms with Crippen molar-refractivity contribution in [1.29, 1.82) is 0 Å². The Morgan fingerprint density at radius 1 is 1.42 bits per heavy atom. The number of hydrogen-bond acceptors (Lipinski definition) is 3. The van der Waals surface area contributed by atoms with Gasteiger partial charge in [0.15, 0.2) is 0 Å². The molecular formula is C14H18BrN3O. The van der Waals surface area contributed by atoms with Crippen LogP contribution in [0.25, 0.3) is 0 Å². The molecule has 0 amide bonds. The van der Waals surface area contributed by atoms with Gasteiger partial charge in [0.05, 0.1) is 22.0 Å². The van der Waals surface area contributed by atoms with Crippen LogP contribution in [0.3, 0.4) is 0 Å². The van der Waals surface area contributed by atoms with Gasteiger partial charge in [0.2, 0.25) is 0 Å². The van der Waals surface area contributed by atoms with E-state index in [1.165, 1.54) is 0 Å². The van der Waals surface area contributed by atoms with E-state index in [2.05, 4.69) is 28.0 Å². The smallest absolute Gasteiger partial charge is 0.0865 e. The largest absolute Gasteiger partial charge is 0.398 e. The highest BCUT2D eigenvalue weighted by molar-refractivity contribution is 9.10. The minimum atomic E-state index is -0.627.